The molecule has 4 aromatic rings. The fourth-order valence-corrected chi connectivity index (χ4v) is 5.06. The minimum absolute atomic E-state index is 0.688. The van der Waals surface area contributed by atoms with Crippen molar-refractivity contribution in [3.8, 4) is 0 Å². The Kier molecular flexibility index (Phi) is 12.0. The second-order valence-electron chi connectivity index (χ2n) is 9.66. The second-order valence-corrected chi connectivity index (χ2v) is 9.66. The quantitative estimate of drug-likeness (QED) is 0.0315. The molecular formula is C28H11BF20O2. The largest absolute Gasteiger partial charge is 0.250 e. The van der Waals surface area contributed by atoms with E-state index in [1.165, 1.54) is 0 Å². The molecule has 0 amide bonds. The highest BCUT2D eigenvalue weighted by Gasteiger charge is 2.52. The van der Waals surface area contributed by atoms with Gasteiger partial charge in [-0.1, -0.05) is 0 Å². The molecule has 0 aliphatic rings. The van der Waals surface area contributed by atoms with Gasteiger partial charge in [-0.3, -0.25) is 4.89 Å². The van der Waals surface area contributed by atoms with Crippen LogP contribution in [0, 0.1) is 116 Å². The van der Waals surface area contributed by atoms with Crippen LogP contribution in [0.4, 0.5) is 87.8 Å². The average molecular weight is 770 g/mol. The Labute approximate surface area is 269 Å². The lowest BCUT2D eigenvalue weighted by Gasteiger charge is -2.44. The summed E-state index contributed by atoms with van der Waals surface area (Å²) in [6, 6.07) is 0. The Morgan fingerprint density at radius 1 is 0.314 bits per heavy atom. The van der Waals surface area contributed by atoms with Gasteiger partial charge in [0.25, 0.3) is 0 Å². The molecule has 0 aromatic heterocycles. The van der Waals surface area contributed by atoms with E-state index < -0.39 is 144 Å². The Morgan fingerprint density at radius 3 is 0.588 bits per heavy atom. The number of hydrogen-bond donors (Lipinski definition) is 0. The first-order valence-electron chi connectivity index (χ1n) is 13.1. The van der Waals surface area contributed by atoms with Crippen molar-refractivity contribution in [2.45, 2.75) is 13.8 Å². The van der Waals surface area contributed by atoms with E-state index in [1.807, 2.05) is 13.8 Å². The van der Waals surface area contributed by atoms with Crippen molar-refractivity contribution in [3.05, 3.63) is 116 Å². The molecule has 0 bridgehead atoms. The van der Waals surface area contributed by atoms with Gasteiger partial charge in [0.1, 0.15) is 59.3 Å². The third kappa shape index (κ3) is 6.12. The van der Waals surface area contributed by atoms with Crippen molar-refractivity contribution in [3.63, 3.8) is 0 Å². The summed E-state index contributed by atoms with van der Waals surface area (Å²) < 4.78 is 294. The number of benzene rings is 4. The van der Waals surface area contributed by atoms with Gasteiger partial charge >= 0.3 is 0 Å². The summed E-state index contributed by atoms with van der Waals surface area (Å²) in [5, 5.41) is 0. The fraction of sp³-hybridized carbons (Fsp3) is 0.143. The van der Waals surface area contributed by atoms with Gasteiger partial charge in [0.2, 0.25) is 0 Å². The average Bonchev–Trinajstić information content (AvgIpc) is 3.10. The van der Waals surface area contributed by atoms with E-state index in [0.717, 1.165) is 6.61 Å². The SMILES string of the molecule is CCO[OH+]CC.Fc1c(F)c(F)c([B-](c2c(F)c(F)c(F)c(F)c2F)(c2c(F)c(F)c(F)c(F)c2F)c2c(F)c(F)c(F)c(F)c2F)c(F)c1F. The van der Waals surface area contributed by atoms with Crippen LogP contribution in [0.3, 0.4) is 0 Å². The molecule has 278 valence electrons. The van der Waals surface area contributed by atoms with Crippen LogP contribution in [0.1, 0.15) is 13.8 Å². The van der Waals surface area contributed by atoms with E-state index in [9.17, 15) is 52.7 Å². The van der Waals surface area contributed by atoms with Gasteiger partial charge in [-0.25, -0.2) is 87.8 Å². The molecule has 4 aromatic carbocycles. The predicted molar refractivity (Wildman–Crippen MR) is 134 cm³/mol. The maximum atomic E-state index is 15.4. The first-order valence-corrected chi connectivity index (χ1v) is 13.1. The number of aliphatic hydroxyl groups is 1. The minimum atomic E-state index is -7.22. The molecule has 0 spiro atoms. The molecule has 1 N–H and O–H groups in total. The summed E-state index contributed by atoms with van der Waals surface area (Å²) >= 11 is 0. The summed E-state index contributed by atoms with van der Waals surface area (Å²) in [6.45, 7) is 5.30. The van der Waals surface area contributed by atoms with Gasteiger partial charge < -0.3 is 0 Å². The highest BCUT2D eigenvalue weighted by atomic mass is 19.2. The highest BCUT2D eigenvalue weighted by Crippen LogP contribution is 2.30. The Morgan fingerprint density at radius 2 is 0.471 bits per heavy atom. The molecule has 0 aliphatic carbocycles. The highest BCUT2D eigenvalue weighted by molar-refractivity contribution is 7.20. The summed E-state index contributed by atoms with van der Waals surface area (Å²) in [6.07, 6.45) is -7.22. The molecule has 4 rings (SSSR count). The van der Waals surface area contributed by atoms with Gasteiger partial charge in [-0.2, -0.15) is 0 Å². The van der Waals surface area contributed by atoms with Crippen LogP contribution in [0.25, 0.3) is 0 Å². The maximum absolute atomic E-state index is 15.4. The van der Waals surface area contributed by atoms with Crippen LogP contribution in [-0.4, -0.2) is 24.2 Å². The molecule has 51 heavy (non-hydrogen) atoms. The summed E-state index contributed by atoms with van der Waals surface area (Å²) in [5.41, 5.74) is -14.3. The van der Waals surface area contributed by atoms with E-state index in [2.05, 4.69) is 9.78 Å². The van der Waals surface area contributed by atoms with Crippen molar-refractivity contribution >= 4 is 28.0 Å². The number of rotatable bonds is 7. The van der Waals surface area contributed by atoms with E-state index in [4.69, 9.17) is 0 Å². The lowest BCUT2D eigenvalue weighted by molar-refractivity contribution is -0.408. The fourth-order valence-electron chi connectivity index (χ4n) is 5.06. The first kappa shape index (κ1) is 40.9. The van der Waals surface area contributed by atoms with E-state index in [0.29, 0.717) is 6.61 Å². The molecule has 0 saturated carbocycles. The van der Waals surface area contributed by atoms with Gasteiger partial charge in [0.05, 0.1) is 0 Å². The molecule has 0 heterocycles. The summed E-state index contributed by atoms with van der Waals surface area (Å²) in [4.78, 5) is 8.20. The molecule has 23 heteroatoms. The monoisotopic (exact) mass is 770 g/mol. The van der Waals surface area contributed by atoms with Crippen molar-refractivity contribution in [2.24, 2.45) is 0 Å². The van der Waals surface area contributed by atoms with Gasteiger partial charge in [-0.05, 0) is 6.92 Å². The smallest absolute Gasteiger partial charge is 0.200 e. The Balaban J connectivity index is 0.00000107. The molecule has 0 saturated heterocycles. The first-order chi connectivity index (χ1) is 23.6. The van der Waals surface area contributed by atoms with Crippen LogP contribution >= 0.6 is 0 Å². The van der Waals surface area contributed by atoms with Crippen LogP contribution in [0.15, 0.2) is 0 Å². The number of hydrogen-bond acceptors (Lipinski definition) is 1. The minimum Gasteiger partial charge on any atom is -0.250 e. The zero-order chi connectivity index (χ0) is 39.2. The lowest BCUT2D eigenvalue weighted by atomic mass is 9.12. The zero-order valence-electron chi connectivity index (χ0n) is 24.4. The van der Waals surface area contributed by atoms with Gasteiger partial charge in [0, 0.05) is 6.92 Å². The normalized spacial score (nSPS) is 11.6. The summed E-state index contributed by atoms with van der Waals surface area (Å²) in [7, 11) is 0. The standard InChI is InChI=1S/C24BF20.C4H10O2/c26-5-1(6(27)14(35)21(42)13(5)34)25(2-7(28)15(36)22(43)16(37)8(2)29,3-9(30)17(38)23(44)18(39)10(3)31)4-11(32)19(40)24(45)20(41)12(4)33;1-3-5-6-4-2/h;3-4H2,1-2H3/q-1;/p+1. The maximum Gasteiger partial charge on any atom is 0.200 e. The Hall–Kier alpha value is -4.54. The van der Waals surface area contributed by atoms with Crippen molar-refractivity contribution in [1.29, 1.82) is 0 Å². The van der Waals surface area contributed by atoms with Crippen molar-refractivity contribution in [2.75, 3.05) is 13.2 Å². The third-order valence-corrected chi connectivity index (χ3v) is 7.06. The van der Waals surface area contributed by atoms with Gasteiger partial charge in [0.15, 0.2) is 76.4 Å². The van der Waals surface area contributed by atoms with E-state index in [-0.39, 0.29) is 0 Å². The van der Waals surface area contributed by atoms with E-state index in [1.54, 1.807) is 0 Å². The van der Waals surface area contributed by atoms with Gasteiger partial charge in [-0.15, -0.1) is 26.7 Å². The van der Waals surface area contributed by atoms with Crippen molar-refractivity contribution < 1.29 is 97.6 Å². The zero-order valence-corrected chi connectivity index (χ0v) is 24.4. The molecular weight excluding hydrogens is 759 g/mol. The van der Waals surface area contributed by atoms with Crippen LogP contribution < -0.4 is 21.9 Å². The Bertz CT molecular complexity index is 1650. The molecule has 0 atom stereocenters. The molecule has 0 radical (unpaired) electrons. The molecule has 0 fully saturated rings. The second kappa shape index (κ2) is 15.0. The van der Waals surface area contributed by atoms with Crippen molar-refractivity contribution in [1.82, 2.24) is 0 Å². The van der Waals surface area contributed by atoms with Crippen LogP contribution in [0.2, 0.25) is 0 Å². The topological polar surface area (TPSA) is 22.0 Å². The molecule has 0 unspecified atom stereocenters. The third-order valence-electron chi connectivity index (χ3n) is 7.06. The number of halogens is 20. The molecule has 0 aliphatic heterocycles. The van der Waals surface area contributed by atoms with Crippen LogP contribution in [-0.2, 0) is 4.89 Å². The predicted octanol–water partition coefficient (Wildman–Crippen LogP) is 6.33. The summed E-state index contributed by atoms with van der Waals surface area (Å²) in [5.74, 6) is -71.4. The lowest BCUT2D eigenvalue weighted by Crippen LogP contribution is -2.81. The molecule has 2 nitrogen and oxygen atoms in total. The van der Waals surface area contributed by atoms with E-state index >= 15 is 35.1 Å². The van der Waals surface area contributed by atoms with Crippen LogP contribution in [0.5, 0.6) is 0 Å².